The van der Waals surface area contributed by atoms with Crippen molar-refractivity contribution in [3.63, 3.8) is 0 Å². The Bertz CT molecular complexity index is 314. The fourth-order valence-corrected chi connectivity index (χ4v) is 1.76. The maximum absolute atomic E-state index is 5.92. The highest BCUT2D eigenvalue weighted by atomic mass is 35.5. The first-order chi connectivity index (χ1) is 7.19. The number of rotatable bonds is 5. The second-order valence-electron chi connectivity index (χ2n) is 3.68. The van der Waals surface area contributed by atoms with Gasteiger partial charge < -0.3 is 9.64 Å². The van der Waals surface area contributed by atoms with Crippen molar-refractivity contribution in [1.82, 2.24) is 0 Å². The molecule has 0 saturated heterocycles. The number of ether oxygens (including phenoxy) is 1. The molecule has 0 aliphatic heterocycles. The van der Waals surface area contributed by atoms with Crippen LogP contribution in [0.2, 0.25) is 0 Å². The van der Waals surface area contributed by atoms with Crippen LogP contribution in [0.4, 0.5) is 5.69 Å². The Hall–Kier alpha value is -0.730. The Morgan fingerprint density at radius 1 is 1.40 bits per heavy atom. The molecule has 84 valence electrons. The van der Waals surface area contributed by atoms with E-state index in [1.165, 1.54) is 16.8 Å². The lowest BCUT2D eigenvalue weighted by atomic mass is 10.1. The first-order valence-electron chi connectivity index (χ1n) is 5.04. The molecule has 0 radical (unpaired) electrons. The van der Waals surface area contributed by atoms with Gasteiger partial charge in [-0.25, -0.2) is 0 Å². The third-order valence-corrected chi connectivity index (χ3v) is 2.71. The average molecular weight is 228 g/mol. The Labute approximate surface area is 96.8 Å². The average Bonchev–Trinajstić information content (AvgIpc) is 2.25. The van der Waals surface area contributed by atoms with E-state index >= 15 is 0 Å². The highest BCUT2D eigenvalue weighted by Gasteiger charge is 2.06. The first-order valence-corrected chi connectivity index (χ1v) is 5.58. The predicted molar refractivity (Wildman–Crippen MR) is 65.9 cm³/mol. The van der Waals surface area contributed by atoms with E-state index in [0.29, 0.717) is 5.88 Å². The Morgan fingerprint density at radius 2 is 2.13 bits per heavy atom. The number of alkyl halides is 1. The molecule has 15 heavy (non-hydrogen) atoms. The summed E-state index contributed by atoms with van der Waals surface area (Å²) < 4.78 is 5.06. The molecule has 0 aliphatic carbocycles. The van der Waals surface area contributed by atoms with Gasteiger partial charge >= 0.3 is 0 Å². The zero-order valence-corrected chi connectivity index (χ0v) is 10.3. The van der Waals surface area contributed by atoms with E-state index in [-0.39, 0.29) is 0 Å². The molecule has 0 bridgehead atoms. The number of benzene rings is 1. The minimum atomic E-state index is 0.550. The Balaban J connectivity index is 2.82. The van der Waals surface area contributed by atoms with E-state index in [0.717, 1.165) is 13.2 Å². The van der Waals surface area contributed by atoms with Crippen LogP contribution in [0.25, 0.3) is 0 Å². The minimum Gasteiger partial charge on any atom is -0.383 e. The molecule has 0 atom stereocenters. The van der Waals surface area contributed by atoms with Gasteiger partial charge in [0.2, 0.25) is 0 Å². The summed E-state index contributed by atoms with van der Waals surface area (Å²) in [6, 6.07) is 6.35. The minimum absolute atomic E-state index is 0.550. The van der Waals surface area contributed by atoms with Gasteiger partial charge in [0, 0.05) is 32.3 Å². The standard InChI is InChI=1S/C12H18ClNO/c1-10-4-5-12(11(8-10)9-13)14(2)6-7-15-3/h4-5,8H,6-7,9H2,1-3H3. The van der Waals surface area contributed by atoms with E-state index in [9.17, 15) is 0 Å². The van der Waals surface area contributed by atoms with Crippen molar-refractivity contribution < 1.29 is 4.74 Å². The van der Waals surface area contributed by atoms with Crippen LogP contribution in [0.15, 0.2) is 18.2 Å². The third kappa shape index (κ3) is 3.40. The van der Waals surface area contributed by atoms with Gasteiger partial charge in [0.25, 0.3) is 0 Å². The molecular formula is C12H18ClNO. The topological polar surface area (TPSA) is 12.5 Å². The molecule has 0 aliphatic rings. The lowest BCUT2D eigenvalue weighted by Crippen LogP contribution is -2.23. The molecule has 0 unspecified atom stereocenters. The summed E-state index contributed by atoms with van der Waals surface area (Å²) in [4.78, 5) is 2.17. The van der Waals surface area contributed by atoms with Crippen molar-refractivity contribution in [2.24, 2.45) is 0 Å². The molecule has 0 fully saturated rings. The normalized spacial score (nSPS) is 10.4. The molecule has 0 spiro atoms. The molecular weight excluding hydrogens is 210 g/mol. The Morgan fingerprint density at radius 3 is 2.73 bits per heavy atom. The smallest absolute Gasteiger partial charge is 0.0637 e. The maximum Gasteiger partial charge on any atom is 0.0637 e. The first kappa shape index (κ1) is 12.3. The number of anilines is 1. The zero-order chi connectivity index (χ0) is 11.3. The SMILES string of the molecule is COCCN(C)c1ccc(C)cc1CCl. The van der Waals surface area contributed by atoms with Crippen LogP contribution in [0.3, 0.4) is 0 Å². The van der Waals surface area contributed by atoms with Crippen LogP contribution in [0.1, 0.15) is 11.1 Å². The molecule has 2 nitrogen and oxygen atoms in total. The third-order valence-electron chi connectivity index (χ3n) is 2.42. The van der Waals surface area contributed by atoms with Crippen LogP contribution in [-0.2, 0) is 10.6 Å². The van der Waals surface area contributed by atoms with E-state index in [1.807, 2.05) is 0 Å². The summed E-state index contributed by atoms with van der Waals surface area (Å²) in [5.41, 5.74) is 3.61. The quantitative estimate of drug-likeness (QED) is 0.718. The summed E-state index contributed by atoms with van der Waals surface area (Å²) in [5.74, 6) is 0.550. The lowest BCUT2D eigenvalue weighted by molar-refractivity contribution is 0.206. The fraction of sp³-hybridized carbons (Fsp3) is 0.500. The molecule has 3 heteroatoms. The number of methoxy groups -OCH3 is 1. The molecule has 0 N–H and O–H groups in total. The van der Waals surface area contributed by atoms with Crippen molar-refractivity contribution in [3.05, 3.63) is 29.3 Å². The van der Waals surface area contributed by atoms with E-state index in [4.69, 9.17) is 16.3 Å². The van der Waals surface area contributed by atoms with Crippen molar-refractivity contribution in [2.75, 3.05) is 32.2 Å². The number of nitrogens with zero attached hydrogens (tertiary/aromatic N) is 1. The van der Waals surface area contributed by atoms with Gasteiger partial charge in [-0.2, -0.15) is 0 Å². The van der Waals surface area contributed by atoms with Gasteiger partial charge in [0.15, 0.2) is 0 Å². The van der Waals surface area contributed by atoms with Crippen molar-refractivity contribution in [1.29, 1.82) is 0 Å². The molecule has 1 aromatic rings. The number of hydrogen-bond donors (Lipinski definition) is 0. The van der Waals surface area contributed by atoms with Crippen LogP contribution in [0.5, 0.6) is 0 Å². The molecule has 0 heterocycles. The maximum atomic E-state index is 5.92. The molecule has 0 amide bonds. The van der Waals surface area contributed by atoms with Crippen LogP contribution in [0, 0.1) is 6.92 Å². The summed E-state index contributed by atoms with van der Waals surface area (Å²) in [5, 5.41) is 0. The second kappa shape index (κ2) is 5.99. The van der Waals surface area contributed by atoms with Gasteiger partial charge in [-0.05, 0) is 18.6 Å². The monoisotopic (exact) mass is 227 g/mol. The Kier molecular flexibility index (Phi) is 4.92. The molecule has 0 saturated carbocycles. The molecule has 1 aromatic carbocycles. The number of halogens is 1. The predicted octanol–water partition coefficient (Wildman–Crippen LogP) is 2.82. The largest absolute Gasteiger partial charge is 0.383 e. The molecule has 0 aromatic heterocycles. The van der Waals surface area contributed by atoms with Crippen LogP contribution < -0.4 is 4.90 Å². The van der Waals surface area contributed by atoms with E-state index in [2.05, 4.69) is 37.1 Å². The van der Waals surface area contributed by atoms with Crippen molar-refractivity contribution >= 4 is 17.3 Å². The lowest BCUT2D eigenvalue weighted by Gasteiger charge is -2.21. The van der Waals surface area contributed by atoms with Gasteiger partial charge in [0.05, 0.1) is 6.61 Å². The summed E-state index contributed by atoms with van der Waals surface area (Å²) in [6.45, 7) is 3.69. The highest BCUT2D eigenvalue weighted by molar-refractivity contribution is 6.17. The van der Waals surface area contributed by atoms with Crippen molar-refractivity contribution in [3.8, 4) is 0 Å². The van der Waals surface area contributed by atoms with Crippen LogP contribution >= 0.6 is 11.6 Å². The summed E-state index contributed by atoms with van der Waals surface area (Å²) in [7, 11) is 3.77. The van der Waals surface area contributed by atoms with E-state index < -0.39 is 0 Å². The van der Waals surface area contributed by atoms with Gasteiger partial charge in [-0.3, -0.25) is 0 Å². The van der Waals surface area contributed by atoms with Crippen LogP contribution in [-0.4, -0.2) is 27.3 Å². The fourth-order valence-electron chi connectivity index (χ4n) is 1.54. The van der Waals surface area contributed by atoms with E-state index in [1.54, 1.807) is 7.11 Å². The summed E-state index contributed by atoms with van der Waals surface area (Å²) >= 11 is 5.92. The second-order valence-corrected chi connectivity index (χ2v) is 3.95. The highest BCUT2D eigenvalue weighted by Crippen LogP contribution is 2.22. The van der Waals surface area contributed by atoms with Gasteiger partial charge in [-0.1, -0.05) is 17.7 Å². The molecule has 1 rings (SSSR count). The number of hydrogen-bond acceptors (Lipinski definition) is 2. The summed E-state index contributed by atoms with van der Waals surface area (Å²) in [6.07, 6.45) is 0. The van der Waals surface area contributed by atoms with Crippen molar-refractivity contribution in [2.45, 2.75) is 12.8 Å². The van der Waals surface area contributed by atoms with Gasteiger partial charge in [-0.15, -0.1) is 11.6 Å². The number of aryl methyl sites for hydroxylation is 1. The van der Waals surface area contributed by atoms with Gasteiger partial charge in [0.1, 0.15) is 0 Å². The zero-order valence-electron chi connectivity index (χ0n) is 9.59. The number of likely N-dealkylation sites (N-methyl/N-ethyl adjacent to an activating group) is 1.